The fourth-order valence-corrected chi connectivity index (χ4v) is 1.17. The van der Waals surface area contributed by atoms with E-state index in [9.17, 15) is 0 Å². The summed E-state index contributed by atoms with van der Waals surface area (Å²) in [6, 6.07) is 0.684. The lowest BCUT2D eigenvalue weighted by atomic mass is 10.3. The molecule has 2 heteroatoms. The van der Waals surface area contributed by atoms with Crippen molar-refractivity contribution in [3.63, 3.8) is 0 Å². The first-order valence-corrected chi connectivity index (χ1v) is 4.61. The SMILES string of the molecule is CCCN(CCNC)C(C)C. The monoisotopic (exact) mass is 158 g/mol. The molecule has 0 amide bonds. The first-order chi connectivity index (χ1) is 5.22. The number of likely N-dealkylation sites (N-methyl/N-ethyl adjacent to an activating group) is 1. The lowest BCUT2D eigenvalue weighted by Gasteiger charge is -2.25. The van der Waals surface area contributed by atoms with Gasteiger partial charge in [-0.2, -0.15) is 0 Å². The Morgan fingerprint density at radius 2 is 1.91 bits per heavy atom. The Kier molecular flexibility index (Phi) is 6.57. The van der Waals surface area contributed by atoms with Gasteiger partial charge >= 0.3 is 0 Å². The molecule has 0 spiro atoms. The van der Waals surface area contributed by atoms with Gasteiger partial charge < -0.3 is 5.32 Å². The zero-order valence-corrected chi connectivity index (χ0v) is 8.35. The van der Waals surface area contributed by atoms with Crippen molar-refractivity contribution in [2.24, 2.45) is 0 Å². The maximum Gasteiger partial charge on any atom is 0.0109 e. The van der Waals surface area contributed by atoms with Crippen molar-refractivity contribution in [2.45, 2.75) is 33.2 Å². The third kappa shape index (κ3) is 5.22. The van der Waals surface area contributed by atoms with Gasteiger partial charge in [-0.15, -0.1) is 0 Å². The van der Waals surface area contributed by atoms with Gasteiger partial charge in [0.15, 0.2) is 0 Å². The Labute approximate surface area is 71.0 Å². The van der Waals surface area contributed by atoms with Crippen molar-refractivity contribution in [3.05, 3.63) is 0 Å². The molecule has 0 aromatic heterocycles. The van der Waals surface area contributed by atoms with E-state index in [0.29, 0.717) is 6.04 Å². The number of nitrogens with one attached hydrogen (secondary N) is 1. The van der Waals surface area contributed by atoms with Crippen molar-refractivity contribution in [1.29, 1.82) is 0 Å². The van der Waals surface area contributed by atoms with E-state index in [4.69, 9.17) is 0 Å². The molecule has 0 aliphatic carbocycles. The minimum atomic E-state index is 0.684. The van der Waals surface area contributed by atoms with Crippen molar-refractivity contribution in [3.8, 4) is 0 Å². The van der Waals surface area contributed by atoms with Crippen LogP contribution in [0.2, 0.25) is 0 Å². The maximum atomic E-state index is 3.17. The van der Waals surface area contributed by atoms with Crippen LogP contribution in [-0.2, 0) is 0 Å². The average molecular weight is 158 g/mol. The minimum Gasteiger partial charge on any atom is -0.318 e. The van der Waals surface area contributed by atoms with Crippen LogP contribution in [0.15, 0.2) is 0 Å². The Morgan fingerprint density at radius 1 is 1.27 bits per heavy atom. The molecular formula is C9H22N2. The predicted octanol–water partition coefficient (Wildman–Crippen LogP) is 1.33. The Morgan fingerprint density at radius 3 is 2.27 bits per heavy atom. The van der Waals surface area contributed by atoms with E-state index >= 15 is 0 Å². The second-order valence-electron chi connectivity index (χ2n) is 3.23. The van der Waals surface area contributed by atoms with Crippen molar-refractivity contribution in [2.75, 3.05) is 26.7 Å². The summed E-state index contributed by atoms with van der Waals surface area (Å²) in [4.78, 5) is 2.50. The summed E-state index contributed by atoms with van der Waals surface area (Å²) in [5.74, 6) is 0. The molecule has 2 nitrogen and oxygen atoms in total. The van der Waals surface area contributed by atoms with Crippen LogP contribution in [0.1, 0.15) is 27.2 Å². The number of rotatable bonds is 6. The second kappa shape index (κ2) is 6.62. The summed E-state index contributed by atoms with van der Waals surface area (Å²) in [5.41, 5.74) is 0. The summed E-state index contributed by atoms with van der Waals surface area (Å²) >= 11 is 0. The van der Waals surface area contributed by atoms with Crippen LogP contribution in [0, 0.1) is 0 Å². The highest BCUT2D eigenvalue weighted by molar-refractivity contribution is 4.62. The summed E-state index contributed by atoms with van der Waals surface area (Å²) in [5, 5.41) is 3.17. The molecule has 0 aliphatic rings. The Hall–Kier alpha value is -0.0800. The molecule has 0 unspecified atom stereocenters. The summed E-state index contributed by atoms with van der Waals surface area (Å²) < 4.78 is 0. The molecule has 0 heterocycles. The molecular weight excluding hydrogens is 136 g/mol. The van der Waals surface area contributed by atoms with Crippen LogP contribution in [-0.4, -0.2) is 37.6 Å². The molecule has 0 aromatic rings. The lowest BCUT2D eigenvalue weighted by Crippen LogP contribution is -2.36. The third-order valence-corrected chi connectivity index (χ3v) is 1.89. The van der Waals surface area contributed by atoms with Crippen LogP contribution in [0.3, 0.4) is 0 Å². The van der Waals surface area contributed by atoms with E-state index in [1.165, 1.54) is 19.5 Å². The lowest BCUT2D eigenvalue weighted by molar-refractivity contribution is 0.224. The van der Waals surface area contributed by atoms with E-state index in [2.05, 4.69) is 31.0 Å². The van der Waals surface area contributed by atoms with Gasteiger partial charge in [0.1, 0.15) is 0 Å². The second-order valence-corrected chi connectivity index (χ2v) is 3.23. The topological polar surface area (TPSA) is 15.3 Å². The van der Waals surface area contributed by atoms with Crippen LogP contribution in [0.25, 0.3) is 0 Å². The molecule has 0 fully saturated rings. The highest BCUT2D eigenvalue weighted by atomic mass is 15.2. The zero-order valence-electron chi connectivity index (χ0n) is 8.35. The molecule has 0 radical (unpaired) electrons. The Bertz CT molecular complexity index is 81.6. The number of nitrogens with zero attached hydrogens (tertiary/aromatic N) is 1. The van der Waals surface area contributed by atoms with E-state index < -0.39 is 0 Å². The van der Waals surface area contributed by atoms with Gasteiger partial charge in [0.05, 0.1) is 0 Å². The molecule has 1 N–H and O–H groups in total. The van der Waals surface area contributed by atoms with Gasteiger partial charge in [-0.25, -0.2) is 0 Å². The molecule has 11 heavy (non-hydrogen) atoms. The van der Waals surface area contributed by atoms with Gasteiger partial charge in [0, 0.05) is 19.1 Å². The first-order valence-electron chi connectivity index (χ1n) is 4.61. The van der Waals surface area contributed by atoms with E-state index in [0.717, 1.165) is 6.54 Å². The first kappa shape index (κ1) is 10.9. The smallest absolute Gasteiger partial charge is 0.0109 e. The summed E-state index contributed by atoms with van der Waals surface area (Å²) in [7, 11) is 2.00. The predicted molar refractivity (Wildman–Crippen MR) is 50.9 cm³/mol. The maximum absolute atomic E-state index is 3.17. The zero-order chi connectivity index (χ0) is 8.69. The van der Waals surface area contributed by atoms with Crippen LogP contribution in [0.5, 0.6) is 0 Å². The van der Waals surface area contributed by atoms with E-state index in [1.807, 2.05) is 7.05 Å². The molecule has 0 bridgehead atoms. The number of hydrogen-bond donors (Lipinski definition) is 1. The summed E-state index contributed by atoms with van der Waals surface area (Å²) in [6.45, 7) is 10.2. The minimum absolute atomic E-state index is 0.684. The molecule has 0 atom stereocenters. The normalized spacial score (nSPS) is 11.5. The van der Waals surface area contributed by atoms with E-state index in [1.54, 1.807) is 0 Å². The Balaban J connectivity index is 3.51. The number of hydrogen-bond acceptors (Lipinski definition) is 2. The fraction of sp³-hybridized carbons (Fsp3) is 1.00. The highest BCUT2D eigenvalue weighted by Crippen LogP contribution is 1.97. The molecule has 0 rings (SSSR count). The third-order valence-electron chi connectivity index (χ3n) is 1.89. The molecule has 0 saturated heterocycles. The molecule has 0 saturated carbocycles. The van der Waals surface area contributed by atoms with E-state index in [-0.39, 0.29) is 0 Å². The quantitative estimate of drug-likeness (QED) is 0.627. The van der Waals surface area contributed by atoms with Gasteiger partial charge in [0.25, 0.3) is 0 Å². The largest absolute Gasteiger partial charge is 0.318 e. The van der Waals surface area contributed by atoms with Gasteiger partial charge in [-0.05, 0) is 33.9 Å². The molecule has 0 aromatic carbocycles. The highest BCUT2D eigenvalue weighted by Gasteiger charge is 2.05. The summed E-state index contributed by atoms with van der Waals surface area (Å²) in [6.07, 6.45) is 1.25. The van der Waals surface area contributed by atoms with Crippen molar-refractivity contribution in [1.82, 2.24) is 10.2 Å². The van der Waals surface area contributed by atoms with Gasteiger partial charge in [0.2, 0.25) is 0 Å². The van der Waals surface area contributed by atoms with Crippen LogP contribution in [0.4, 0.5) is 0 Å². The average Bonchev–Trinajstić information content (AvgIpc) is 1.97. The van der Waals surface area contributed by atoms with Crippen LogP contribution < -0.4 is 5.32 Å². The van der Waals surface area contributed by atoms with Crippen LogP contribution >= 0.6 is 0 Å². The van der Waals surface area contributed by atoms with Crippen molar-refractivity contribution >= 4 is 0 Å². The molecule has 68 valence electrons. The van der Waals surface area contributed by atoms with Gasteiger partial charge in [-0.3, -0.25) is 4.90 Å². The van der Waals surface area contributed by atoms with Gasteiger partial charge in [-0.1, -0.05) is 6.92 Å². The standard InChI is InChI=1S/C9H22N2/c1-5-7-11(9(2)3)8-6-10-4/h9-10H,5-8H2,1-4H3. The molecule has 0 aliphatic heterocycles. The van der Waals surface area contributed by atoms with Crippen molar-refractivity contribution < 1.29 is 0 Å². The fourth-order valence-electron chi connectivity index (χ4n) is 1.17.